The fraction of sp³-hybridized carbons (Fsp3) is 0.722. The summed E-state index contributed by atoms with van der Waals surface area (Å²) in [5.74, 6) is -1.05. The lowest BCUT2D eigenvalue weighted by atomic mass is 9.99. The predicted octanol–water partition coefficient (Wildman–Crippen LogP) is 1.85. The Labute approximate surface area is 144 Å². The van der Waals surface area contributed by atoms with Crippen molar-refractivity contribution in [2.24, 2.45) is 11.8 Å². The maximum Gasteiger partial charge on any atom is 0.329 e. The van der Waals surface area contributed by atoms with Crippen LogP contribution in [0.2, 0.25) is 0 Å². The van der Waals surface area contributed by atoms with Gasteiger partial charge in [-0.3, -0.25) is 9.59 Å². The van der Waals surface area contributed by atoms with E-state index in [4.69, 9.17) is 4.74 Å². The molecule has 0 bridgehead atoms. The number of hydrogen-bond donors (Lipinski definition) is 0. The van der Waals surface area contributed by atoms with Crippen molar-refractivity contribution in [2.45, 2.75) is 52.7 Å². The number of likely N-dealkylation sites (tertiary alicyclic amines) is 1. The van der Waals surface area contributed by atoms with E-state index < -0.39 is 17.6 Å². The van der Waals surface area contributed by atoms with Crippen molar-refractivity contribution in [3.8, 4) is 0 Å². The van der Waals surface area contributed by atoms with Gasteiger partial charge < -0.3 is 14.5 Å². The van der Waals surface area contributed by atoms with Crippen LogP contribution in [0.5, 0.6) is 0 Å². The molecule has 1 fully saturated rings. The molecule has 6 heteroatoms. The number of carbonyl (C=O) groups is 3. The molecule has 0 unspecified atom stereocenters. The summed E-state index contributed by atoms with van der Waals surface area (Å²) in [6.07, 6.45) is 1.86. The number of esters is 1. The molecule has 0 N–H and O–H groups in total. The van der Waals surface area contributed by atoms with Gasteiger partial charge in [-0.2, -0.15) is 0 Å². The first kappa shape index (κ1) is 20.2. The fourth-order valence-corrected chi connectivity index (χ4v) is 2.96. The van der Waals surface area contributed by atoms with Gasteiger partial charge in [0.25, 0.3) is 0 Å². The smallest absolute Gasteiger partial charge is 0.329 e. The Morgan fingerprint density at radius 2 is 1.88 bits per heavy atom. The summed E-state index contributed by atoms with van der Waals surface area (Å²) < 4.78 is 5.46. The van der Waals surface area contributed by atoms with Crippen LogP contribution in [-0.2, 0) is 19.1 Å². The molecule has 1 heterocycles. The third kappa shape index (κ3) is 5.08. The Hall–Kier alpha value is -1.85. The van der Waals surface area contributed by atoms with Crippen LogP contribution in [0.15, 0.2) is 12.7 Å². The highest BCUT2D eigenvalue weighted by molar-refractivity contribution is 5.89. The van der Waals surface area contributed by atoms with Gasteiger partial charge in [0.15, 0.2) is 0 Å². The van der Waals surface area contributed by atoms with Gasteiger partial charge in [-0.15, -0.1) is 0 Å². The van der Waals surface area contributed by atoms with Crippen LogP contribution in [0.4, 0.5) is 0 Å². The number of hydrogen-bond acceptors (Lipinski definition) is 4. The first-order valence-corrected chi connectivity index (χ1v) is 8.38. The molecule has 0 aromatic carbocycles. The molecule has 0 spiro atoms. The molecule has 2 amide bonds. The molecule has 1 saturated heterocycles. The van der Waals surface area contributed by atoms with Gasteiger partial charge in [0.2, 0.25) is 11.8 Å². The topological polar surface area (TPSA) is 66.9 Å². The number of rotatable bonds is 5. The normalized spacial score (nSPS) is 19.1. The zero-order valence-corrected chi connectivity index (χ0v) is 15.7. The molecule has 0 saturated carbocycles. The standard InChI is InChI=1S/C18H30N2O4/c1-8-14(21)20-10-9-13(11-20)16(22)19(7)15(12(2)3)17(23)24-18(4,5)6/h8,12-13,15H,1,9-11H2,2-7H3/t13-,15+/m1/s1. The van der Waals surface area contributed by atoms with Gasteiger partial charge >= 0.3 is 5.97 Å². The third-order valence-corrected chi connectivity index (χ3v) is 4.07. The highest BCUT2D eigenvalue weighted by Crippen LogP contribution is 2.23. The monoisotopic (exact) mass is 338 g/mol. The number of likely N-dealkylation sites (N-methyl/N-ethyl adjacent to an activating group) is 1. The Balaban J connectivity index is 2.82. The first-order valence-electron chi connectivity index (χ1n) is 8.38. The van der Waals surface area contributed by atoms with Crippen molar-refractivity contribution in [3.63, 3.8) is 0 Å². The van der Waals surface area contributed by atoms with E-state index in [0.717, 1.165) is 0 Å². The van der Waals surface area contributed by atoms with E-state index in [-0.39, 0.29) is 23.7 Å². The summed E-state index contributed by atoms with van der Waals surface area (Å²) in [7, 11) is 1.63. The van der Waals surface area contributed by atoms with Crippen molar-refractivity contribution in [3.05, 3.63) is 12.7 Å². The van der Waals surface area contributed by atoms with E-state index in [1.54, 1.807) is 32.7 Å². The van der Waals surface area contributed by atoms with Crippen LogP contribution >= 0.6 is 0 Å². The molecule has 1 aliphatic heterocycles. The summed E-state index contributed by atoms with van der Waals surface area (Å²) in [4.78, 5) is 40.0. The third-order valence-electron chi connectivity index (χ3n) is 4.07. The summed E-state index contributed by atoms with van der Waals surface area (Å²) in [6.45, 7) is 13.6. The molecule has 1 aliphatic rings. The largest absolute Gasteiger partial charge is 0.458 e. The minimum atomic E-state index is -0.638. The SMILES string of the molecule is C=CC(=O)N1CC[C@@H](C(=O)N(C)[C@H](C(=O)OC(C)(C)C)C(C)C)C1. The van der Waals surface area contributed by atoms with Gasteiger partial charge in [-0.1, -0.05) is 20.4 Å². The Kier molecular flexibility index (Phi) is 6.58. The number of carbonyl (C=O) groups excluding carboxylic acids is 3. The quantitative estimate of drug-likeness (QED) is 0.567. The van der Waals surface area contributed by atoms with Crippen LogP contribution in [0.1, 0.15) is 41.0 Å². The molecule has 1 rings (SSSR count). The molecule has 0 aromatic heterocycles. The van der Waals surface area contributed by atoms with Gasteiger partial charge in [-0.05, 0) is 39.2 Å². The molecule has 0 aliphatic carbocycles. The maximum atomic E-state index is 12.8. The lowest BCUT2D eigenvalue weighted by Gasteiger charge is -2.33. The summed E-state index contributed by atoms with van der Waals surface area (Å²) >= 11 is 0. The minimum absolute atomic E-state index is 0.0684. The Morgan fingerprint density at radius 3 is 2.33 bits per heavy atom. The molecule has 0 radical (unpaired) electrons. The zero-order valence-electron chi connectivity index (χ0n) is 15.7. The van der Waals surface area contributed by atoms with Crippen LogP contribution in [-0.4, -0.2) is 59.4 Å². The molecular formula is C18H30N2O4. The second-order valence-electron chi connectivity index (χ2n) is 7.65. The summed E-state index contributed by atoms with van der Waals surface area (Å²) in [5.41, 5.74) is -0.603. The molecular weight excluding hydrogens is 308 g/mol. The van der Waals surface area contributed by atoms with Crippen LogP contribution in [0, 0.1) is 11.8 Å². The van der Waals surface area contributed by atoms with E-state index in [1.165, 1.54) is 11.0 Å². The lowest BCUT2D eigenvalue weighted by Crippen LogP contribution is -2.50. The number of nitrogens with zero attached hydrogens (tertiary/aromatic N) is 2. The second-order valence-corrected chi connectivity index (χ2v) is 7.65. The second kappa shape index (κ2) is 7.81. The molecule has 24 heavy (non-hydrogen) atoms. The Morgan fingerprint density at radius 1 is 1.29 bits per heavy atom. The van der Waals surface area contributed by atoms with Crippen molar-refractivity contribution >= 4 is 17.8 Å². The van der Waals surface area contributed by atoms with E-state index in [1.807, 2.05) is 13.8 Å². The first-order chi connectivity index (χ1) is 11.0. The van der Waals surface area contributed by atoms with E-state index in [0.29, 0.717) is 19.5 Å². The number of amides is 2. The average Bonchev–Trinajstić information content (AvgIpc) is 2.92. The van der Waals surface area contributed by atoms with Crippen LogP contribution in [0.3, 0.4) is 0 Å². The highest BCUT2D eigenvalue weighted by Gasteiger charge is 2.38. The molecule has 136 valence electrons. The minimum Gasteiger partial charge on any atom is -0.458 e. The highest BCUT2D eigenvalue weighted by atomic mass is 16.6. The fourth-order valence-electron chi connectivity index (χ4n) is 2.96. The van der Waals surface area contributed by atoms with Crippen LogP contribution < -0.4 is 0 Å². The van der Waals surface area contributed by atoms with Crippen molar-refractivity contribution < 1.29 is 19.1 Å². The average molecular weight is 338 g/mol. The predicted molar refractivity (Wildman–Crippen MR) is 92.1 cm³/mol. The van der Waals surface area contributed by atoms with E-state index in [2.05, 4.69) is 6.58 Å². The molecule has 6 nitrogen and oxygen atoms in total. The number of ether oxygens (including phenoxy) is 1. The maximum absolute atomic E-state index is 12.8. The van der Waals surface area contributed by atoms with Crippen molar-refractivity contribution in [1.82, 2.24) is 9.80 Å². The van der Waals surface area contributed by atoms with E-state index in [9.17, 15) is 14.4 Å². The zero-order chi connectivity index (χ0) is 18.7. The summed E-state index contributed by atoms with van der Waals surface area (Å²) in [6, 6.07) is -0.638. The van der Waals surface area contributed by atoms with Crippen LogP contribution in [0.25, 0.3) is 0 Å². The van der Waals surface area contributed by atoms with E-state index >= 15 is 0 Å². The Bertz CT molecular complexity index is 508. The van der Waals surface area contributed by atoms with Gasteiger partial charge in [0.1, 0.15) is 11.6 Å². The summed E-state index contributed by atoms with van der Waals surface area (Å²) in [5, 5.41) is 0. The van der Waals surface area contributed by atoms with Gasteiger partial charge in [-0.25, -0.2) is 4.79 Å². The molecule has 2 atom stereocenters. The van der Waals surface area contributed by atoms with Gasteiger partial charge in [0.05, 0.1) is 5.92 Å². The van der Waals surface area contributed by atoms with Crippen molar-refractivity contribution in [2.75, 3.05) is 20.1 Å². The molecule has 0 aromatic rings. The van der Waals surface area contributed by atoms with Gasteiger partial charge in [0, 0.05) is 20.1 Å². The van der Waals surface area contributed by atoms with Crippen molar-refractivity contribution in [1.29, 1.82) is 0 Å². The lowest BCUT2D eigenvalue weighted by molar-refractivity contribution is -0.166.